The molecular weight excluding hydrogens is 230 g/mol. The van der Waals surface area contributed by atoms with Crippen molar-refractivity contribution >= 4 is 5.97 Å². The number of hydrogen-bond acceptors (Lipinski definition) is 3. The zero-order valence-corrected chi connectivity index (χ0v) is 10.3. The van der Waals surface area contributed by atoms with Crippen molar-refractivity contribution in [1.29, 1.82) is 0 Å². The molecule has 1 aliphatic heterocycles. The SMILES string of the molecule is [C-]#[N+]C1(c2ccc(C(=O)OC)cc2)CCOCC1. The molecule has 0 bridgehead atoms. The maximum Gasteiger partial charge on any atom is 0.337 e. The Morgan fingerprint density at radius 1 is 1.33 bits per heavy atom. The van der Waals surface area contributed by atoms with E-state index in [0.29, 0.717) is 31.6 Å². The van der Waals surface area contributed by atoms with Crippen molar-refractivity contribution in [2.75, 3.05) is 20.3 Å². The smallest absolute Gasteiger partial charge is 0.337 e. The molecule has 0 unspecified atom stereocenters. The molecule has 0 aliphatic carbocycles. The van der Waals surface area contributed by atoms with Crippen LogP contribution < -0.4 is 0 Å². The third kappa shape index (κ3) is 2.22. The Hall–Kier alpha value is -1.86. The van der Waals surface area contributed by atoms with Crippen LogP contribution in [0.5, 0.6) is 0 Å². The summed E-state index contributed by atoms with van der Waals surface area (Å²) in [6.07, 6.45) is 1.40. The fourth-order valence-electron chi connectivity index (χ4n) is 2.21. The molecule has 0 spiro atoms. The van der Waals surface area contributed by atoms with Crippen LogP contribution in [0.3, 0.4) is 0 Å². The molecule has 1 aromatic rings. The lowest BCUT2D eigenvalue weighted by atomic mass is 9.83. The minimum absolute atomic E-state index is 0.356. The van der Waals surface area contributed by atoms with Crippen molar-refractivity contribution < 1.29 is 14.3 Å². The van der Waals surface area contributed by atoms with E-state index in [1.807, 2.05) is 12.1 Å². The highest BCUT2D eigenvalue weighted by Gasteiger charge is 2.40. The summed E-state index contributed by atoms with van der Waals surface area (Å²) < 4.78 is 9.96. The van der Waals surface area contributed by atoms with Crippen LogP contribution in [0.1, 0.15) is 28.8 Å². The van der Waals surface area contributed by atoms with Crippen LogP contribution in [-0.4, -0.2) is 26.3 Å². The van der Waals surface area contributed by atoms with Crippen molar-refractivity contribution in [3.63, 3.8) is 0 Å². The van der Waals surface area contributed by atoms with Crippen LogP contribution in [0.4, 0.5) is 0 Å². The molecule has 18 heavy (non-hydrogen) atoms. The number of nitrogens with zero attached hydrogens (tertiary/aromatic N) is 1. The van der Waals surface area contributed by atoms with Gasteiger partial charge in [0.25, 0.3) is 5.54 Å². The standard InChI is InChI=1S/C14H15NO3/c1-15-14(7-9-18-10-8-14)12-5-3-11(4-6-12)13(16)17-2/h3-6H,7-10H2,2H3. The lowest BCUT2D eigenvalue weighted by molar-refractivity contribution is 0.0598. The average Bonchev–Trinajstić information content (AvgIpc) is 2.47. The molecule has 0 saturated carbocycles. The van der Waals surface area contributed by atoms with Crippen molar-refractivity contribution in [3.05, 3.63) is 46.8 Å². The monoisotopic (exact) mass is 245 g/mol. The number of carbonyl (C=O) groups is 1. The minimum atomic E-state index is -0.493. The van der Waals surface area contributed by atoms with E-state index in [-0.39, 0.29) is 5.97 Å². The summed E-state index contributed by atoms with van der Waals surface area (Å²) in [5.74, 6) is -0.356. The first kappa shape index (κ1) is 12.6. The molecule has 0 atom stereocenters. The molecule has 2 rings (SSSR count). The van der Waals surface area contributed by atoms with Gasteiger partial charge in [-0.1, -0.05) is 12.1 Å². The van der Waals surface area contributed by atoms with E-state index < -0.39 is 5.54 Å². The van der Waals surface area contributed by atoms with Crippen molar-refractivity contribution in [2.24, 2.45) is 0 Å². The van der Waals surface area contributed by atoms with Gasteiger partial charge in [-0.15, -0.1) is 0 Å². The Balaban J connectivity index is 2.28. The summed E-state index contributed by atoms with van der Waals surface area (Å²) in [5.41, 5.74) is 0.967. The summed E-state index contributed by atoms with van der Waals surface area (Å²) >= 11 is 0. The first-order chi connectivity index (χ1) is 8.72. The van der Waals surface area contributed by atoms with Gasteiger partial charge in [-0.3, -0.25) is 0 Å². The van der Waals surface area contributed by atoms with Gasteiger partial charge in [-0.25, -0.2) is 11.4 Å². The lowest BCUT2D eigenvalue weighted by Crippen LogP contribution is -2.30. The molecule has 1 aliphatic rings. The topological polar surface area (TPSA) is 39.9 Å². The lowest BCUT2D eigenvalue weighted by Gasteiger charge is -2.26. The van der Waals surface area contributed by atoms with Crippen molar-refractivity contribution in [3.8, 4) is 0 Å². The van der Waals surface area contributed by atoms with Gasteiger partial charge in [0.1, 0.15) is 0 Å². The second-order valence-electron chi connectivity index (χ2n) is 4.32. The summed E-state index contributed by atoms with van der Waals surface area (Å²) in [6.45, 7) is 8.66. The van der Waals surface area contributed by atoms with Gasteiger partial charge in [0, 0.05) is 5.56 Å². The molecule has 4 heteroatoms. The van der Waals surface area contributed by atoms with E-state index in [0.717, 1.165) is 5.56 Å². The number of hydrogen-bond donors (Lipinski definition) is 0. The van der Waals surface area contributed by atoms with E-state index in [4.69, 9.17) is 11.3 Å². The predicted molar refractivity (Wildman–Crippen MR) is 66.1 cm³/mol. The Labute approximate surface area is 106 Å². The zero-order chi connectivity index (χ0) is 13.0. The molecule has 0 aromatic heterocycles. The Bertz CT molecular complexity index is 467. The highest BCUT2D eigenvalue weighted by molar-refractivity contribution is 5.89. The largest absolute Gasteiger partial charge is 0.465 e. The van der Waals surface area contributed by atoms with E-state index in [1.165, 1.54) is 7.11 Å². The van der Waals surface area contributed by atoms with Crippen molar-refractivity contribution in [1.82, 2.24) is 0 Å². The van der Waals surface area contributed by atoms with Crippen molar-refractivity contribution in [2.45, 2.75) is 18.4 Å². The van der Waals surface area contributed by atoms with Gasteiger partial charge < -0.3 is 14.3 Å². The minimum Gasteiger partial charge on any atom is -0.465 e. The molecule has 1 fully saturated rings. The van der Waals surface area contributed by atoms with E-state index in [1.54, 1.807) is 12.1 Å². The third-order valence-electron chi connectivity index (χ3n) is 3.38. The average molecular weight is 245 g/mol. The third-order valence-corrected chi connectivity index (χ3v) is 3.38. The molecule has 1 aromatic carbocycles. The van der Waals surface area contributed by atoms with Gasteiger partial charge >= 0.3 is 5.97 Å². The summed E-state index contributed by atoms with van der Waals surface area (Å²) in [7, 11) is 1.36. The van der Waals surface area contributed by atoms with Crippen LogP contribution >= 0.6 is 0 Å². The number of carbonyl (C=O) groups excluding carboxylic acids is 1. The number of rotatable bonds is 2. The Morgan fingerprint density at radius 3 is 2.44 bits per heavy atom. The molecular formula is C14H15NO3. The maximum absolute atomic E-state index is 11.3. The normalized spacial score (nSPS) is 17.8. The molecule has 0 amide bonds. The van der Waals surface area contributed by atoms with Gasteiger partial charge in [0.05, 0.1) is 38.7 Å². The highest BCUT2D eigenvalue weighted by Crippen LogP contribution is 2.36. The molecule has 1 heterocycles. The maximum atomic E-state index is 11.3. The molecule has 0 radical (unpaired) electrons. The van der Waals surface area contributed by atoms with Gasteiger partial charge in [0.15, 0.2) is 0 Å². The van der Waals surface area contributed by atoms with Gasteiger partial charge in [-0.2, -0.15) is 0 Å². The Morgan fingerprint density at radius 2 is 1.94 bits per heavy atom. The van der Waals surface area contributed by atoms with Crippen LogP contribution in [-0.2, 0) is 15.0 Å². The fourth-order valence-corrected chi connectivity index (χ4v) is 2.21. The van der Waals surface area contributed by atoms with Crippen LogP contribution in [0.25, 0.3) is 4.85 Å². The second kappa shape index (κ2) is 5.19. The molecule has 4 nitrogen and oxygen atoms in total. The van der Waals surface area contributed by atoms with E-state index >= 15 is 0 Å². The fraction of sp³-hybridized carbons (Fsp3) is 0.429. The number of ether oxygens (including phenoxy) is 2. The molecule has 0 N–H and O–H groups in total. The predicted octanol–water partition coefficient (Wildman–Crippen LogP) is 2.40. The number of esters is 1. The number of benzene rings is 1. The second-order valence-corrected chi connectivity index (χ2v) is 4.32. The van der Waals surface area contributed by atoms with E-state index in [9.17, 15) is 4.79 Å². The van der Waals surface area contributed by atoms with Crippen LogP contribution in [0.2, 0.25) is 0 Å². The molecule has 1 saturated heterocycles. The first-order valence-corrected chi connectivity index (χ1v) is 5.87. The molecule has 94 valence electrons. The van der Waals surface area contributed by atoms with Gasteiger partial charge in [0.2, 0.25) is 0 Å². The number of methoxy groups -OCH3 is 1. The summed E-state index contributed by atoms with van der Waals surface area (Å²) in [5, 5.41) is 0. The van der Waals surface area contributed by atoms with Crippen LogP contribution in [0, 0.1) is 6.57 Å². The van der Waals surface area contributed by atoms with E-state index in [2.05, 4.69) is 9.58 Å². The van der Waals surface area contributed by atoms with Crippen LogP contribution in [0.15, 0.2) is 24.3 Å². The van der Waals surface area contributed by atoms with Gasteiger partial charge in [-0.05, 0) is 12.1 Å². The quantitative estimate of drug-likeness (QED) is 0.593. The zero-order valence-electron chi connectivity index (χ0n) is 10.3. The summed E-state index contributed by atoms with van der Waals surface area (Å²) in [4.78, 5) is 15.1. The summed E-state index contributed by atoms with van der Waals surface area (Å²) in [6, 6.07) is 7.11. The Kier molecular flexibility index (Phi) is 3.63. The first-order valence-electron chi connectivity index (χ1n) is 5.87. The highest BCUT2D eigenvalue weighted by atomic mass is 16.5.